The van der Waals surface area contributed by atoms with Gasteiger partial charge in [-0.1, -0.05) is 12.1 Å². The third-order valence-corrected chi connectivity index (χ3v) is 5.57. The molecule has 6 heteroatoms. The Kier molecular flexibility index (Phi) is 4.24. The lowest BCUT2D eigenvalue weighted by molar-refractivity contribution is 0.209. The second-order valence-corrected chi connectivity index (χ2v) is 7.40. The zero-order chi connectivity index (χ0) is 16.5. The van der Waals surface area contributed by atoms with Crippen molar-refractivity contribution >= 4 is 22.8 Å². The van der Waals surface area contributed by atoms with Crippen LogP contribution in [0.2, 0.25) is 0 Å². The summed E-state index contributed by atoms with van der Waals surface area (Å²) >= 11 is 2.01. The number of hydrogen-bond donors (Lipinski definition) is 0. The van der Waals surface area contributed by atoms with Crippen LogP contribution in [-0.2, 0) is 13.6 Å². The summed E-state index contributed by atoms with van der Waals surface area (Å²) in [5.41, 5.74) is 5.33. The van der Waals surface area contributed by atoms with Crippen LogP contribution >= 0.6 is 11.8 Å². The first-order valence-corrected chi connectivity index (χ1v) is 9.39. The van der Waals surface area contributed by atoms with E-state index in [1.54, 1.807) is 0 Å². The molecule has 24 heavy (non-hydrogen) atoms. The molecule has 1 fully saturated rings. The van der Waals surface area contributed by atoms with Crippen molar-refractivity contribution < 1.29 is 0 Å². The first kappa shape index (κ1) is 15.6. The topological polar surface area (TPSA) is 46.8 Å². The molecule has 4 rings (SSSR count). The van der Waals surface area contributed by atoms with E-state index in [0.29, 0.717) is 6.04 Å². The fraction of sp³-hybridized carbons (Fsp3) is 0.389. The van der Waals surface area contributed by atoms with Gasteiger partial charge in [-0.15, -0.1) is 0 Å². The van der Waals surface area contributed by atoms with Crippen molar-refractivity contribution in [1.82, 2.24) is 24.6 Å². The number of benzene rings is 1. The predicted molar refractivity (Wildman–Crippen MR) is 98.0 cm³/mol. The molecule has 1 unspecified atom stereocenters. The van der Waals surface area contributed by atoms with E-state index in [2.05, 4.69) is 23.1 Å². The van der Waals surface area contributed by atoms with Crippen molar-refractivity contribution in [3.05, 3.63) is 53.6 Å². The lowest BCUT2D eigenvalue weighted by Crippen LogP contribution is -2.36. The summed E-state index contributed by atoms with van der Waals surface area (Å²) in [5, 5.41) is 4.34. The highest BCUT2D eigenvalue weighted by Gasteiger charge is 2.26. The van der Waals surface area contributed by atoms with Gasteiger partial charge in [0.1, 0.15) is 0 Å². The van der Waals surface area contributed by atoms with E-state index in [4.69, 9.17) is 9.97 Å². The van der Waals surface area contributed by atoms with E-state index in [9.17, 15) is 0 Å². The summed E-state index contributed by atoms with van der Waals surface area (Å²) in [7, 11) is 1.97. The summed E-state index contributed by atoms with van der Waals surface area (Å²) in [6.07, 6.45) is 4.12. The predicted octanol–water partition coefficient (Wildman–Crippen LogP) is 2.96. The van der Waals surface area contributed by atoms with Crippen LogP contribution in [0.1, 0.15) is 23.0 Å². The Morgan fingerprint density at radius 2 is 2.00 bits per heavy atom. The molecule has 1 atom stereocenters. The van der Waals surface area contributed by atoms with Crippen molar-refractivity contribution in [3.8, 4) is 0 Å². The van der Waals surface area contributed by atoms with E-state index >= 15 is 0 Å². The van der Waals surface area contributed by atoms with Crippen molar-refractivity contribution in [2.24, 2.45) is 7.05 Å². The van der Waals surface area contributed by atoms with E-state index in [-0.39, 0.29) is 0 Å². The van der Waals surface area contributed by atoms with Crippen LogP contribution in [0.5, 0.6) is 0 Å². The number of rotatable bonds is 3. The molecule has 3 aromatic rings. The molecule has 0 bridgehead atoms. The maximum atomic E-state index is 4.87. The van der Waals surface area contributed by atoms with Crippen LogP contribution in [-0.4, -0.2) is 42.7 Å². The molecule has 0 radical (unpaired) electrons. The standard InChI is InChI=1S/C18H21N5S/c1-13-17(21-16-6-4-3-5-15(16)20-13)11-23-7-8-24-12-18(23)14-9-19-22(2)10-14/h3-6,9-10,18H,7-8,11-12H2,1-2H3. The Balaban J connectivity index is 1.64. The molecule has 5 nitrogen and oxygen atoms in total. The largest absolute Gasteiger partial charge is 0.289 e. The molecule has 0 amide bonds. The number of thioether (sulfide) groups is 1. The van der Waals surface area contributed by atoms with Gasteiger partial charge in [0.2, 0.25) is 0 Å². The fourth-order valence-electron chi connectivity index (χ4n) is 3.21. The molecule has 2 aromatic heterocycles. The van der Waals surface area contributed by atoms with Gasteiger partial charge in [0.15, 0.2) is 0 Å². The van der Waals surface area contributed by atoms with Gasteiger partial charge >= 0.3 is 0 Å². The molecule has 1 saturated heterocycles. The number of nitrogens with zero attached hydrogens (tertiary/aromatic N) is 5. The van der Waals surface area contributed by atoms with Crippen molar-refractivity contribution in [2.75, 3.05) is 18.1 Å². The molecule has 124 valence electrons. The Morgan fingerprint density at radius 3 is 2.75 bits per heavy atom. The van der Waals surface area contributed by atoms with Crippen molar-refractivity contribution in [2.45, 2.75) is 19.5 Å². The average molecular weight is 339 g/mol. The van der Waals surface area contributed by atoms with Crippen LogP contribution in [0.3, 0.4) is 0 Å². The Morgan fingerprint density at radius 1 is 1.21 bits per heavy atom. The number of para-hydroxylation sites is 2. The maximum absolute atomic E-state index is 4.87. The third-order valence-electron chi connectivity index (χ3n) is 4.54. The van der Waals surface area contributed by atoms with E-state index < -0.39 is 0 Å². The lowest BCUT2D eigenvalue weighted by atomic mass is 10.1. The number of fused-ring (bicyclic) bond motifs is 1. The van der Waals surface area contributed by atoms with Gasteiger partial charge in [-0.2, -0.15) is 16.9 Å². The highest BCUT2D eigenvalue weighted by Crippen LogP contribution is 2.30. The molecule has 0 saturated carbocycles. The Hall–Kier alpha value is -1.92. The van der Waals surface area contributed by atoms with Gasteiger partial charge in [0.25, 0.3) is 0 Å². The van der Waals surface area contributed by atoms with Crippen LogP contribution in [0.25, 0.3) is 11.0 Å². The average Bonchev–Trinajstić information content (AvgIpc) is 3.02. The smallest absolute Gasteiger partial charge is 0.0890 e. The quantitative estimate of drug-likeness (QED) is 0.734. The molecule has 0 N–H and O–H groups in total. The SMILES string of the molecule is Cc1nc2ccccc2nc1CN1CCSCC1c1cnn(C)c1. The van der Waals surface area contributed by atoms with E-state index in [1.807, 2.05) is 54.0 Å². The van der Waals surface area contributed by atoms with Gasteiger partial charge in [-0.25, -0.2) is 9.97 Å². The third kappa shape index (κ3) is 3.03. The van der Waals surface area contributed by atoms with Crippen LogP contribution in [0.15, 0.2) is 36.7 Å². The second kappa shape index (κ2) is 6.53. The summed E-state index contributed by atoms with van der Waals surface area (Å²) in [5.74, 6) is 2.27. The molecular formula is C18H21N5S. The highest BCUT2D eigenvalue weighted by atomic mass is 32.2. The minimum atomic E-state index is 0.394. The molecule has 3 heterocycles. The van der Waals surface area contributed by atoms with Gasteiger partial charge in [0, 0.05) is 49.4 Å². The molecule has 0 aliphatic carbocycles. The van der Waals surface area contributed by atoms with Gasteiger partial charge < -0.3 is 0 Å². The number of hydrogen-bond acceptors (Lipinski definition) is 5. The monoisotopic (exact) mass is 339 g/mol. The highest BCUT2D eigenvalue weighted by molar-refractivity contribution is 7.99. The van der Waals surface area contributed by atoms with E-state index in [0.717, 1.165) is 47.0 Å². The normalized spacial score (nSPS) is 19.0. The van der Waals surface area contributed by atoms with Gasteiger partial charge in [-0.05, 0) is 19.1 Å². The zero-order valence-electron chi connectivity index (χ0n) is 14.0. The second-order valence-electron chi connectivity index (χ2n) is 6.25. The number of aryl methyl sites for hydroxylation is 2. The summed E-state index contributed by atoms with van der Waals surface area (Å²) in [6, 6.07) is 8.48. The van der Waals surface area contributed by atoms with Crippen molar-refractivity contribution in [3.63, 3.8) is 0 Å². The fourth-order valence-corrected chi connectivity index (χ4v) is 4.37. The molecule has 1 aliphatic rings. The van der Waals surface area contributed by atoms with Gasteiger partial charge in [-0.3, -0.25) is 9.58 Å². The van der Waals surface area contributed by atoms with Gasteiger partial charge in [0.05, 0.1) is 28.6 Å². The maximum Gasteiger partial charge on any atom is 0.0890 e. The Bertz CT molecular complexity index is 859. The minimum absolute atomic E-state index is 0.394. The first-order chi connectivity index (χ1) is 11.7. The zero-order valence-corrected chi connectivity index (χ0v) is 14.8. The molecule has 0 spiro atoms. The lowest BCUT2D eigenvalue weighted by Gasteiger charge is -2.34. The minimum Gasteiger partial charge on any atom is -0.289 e. The summed E-state index contributed by atoms with van der Waals surface area (Å²) < 4.78 is 1.88. The van der Waals surface area contributed by atoms with Crippen LogP contribution in [0.4, 0.5) is 0 Å². The summed E-state index contributed by atoms with van der Waals surface area (Å²) in [4.78, 5) is 12.1. The molecule has 1 aliphatic heterocycles. The van der Waals surface area contributed by atoms with Crippen molar-refractivity contribution in [1.29, 1.82) is 0 Å². The van der Waals surface area contributed by atoms with Crippen LogP contribution in [0, 0.1) is 6.92 Å². The summed E-state index contributed by atoms with van der Waals surface area (Å²) in [6.45, 7) is 3.97. The first-order valence-electron chi connectivity index (χ1n) is 8.23. The van der Waals surface area contributed by atoms with Crippen LogP contribution < -0.4 is 0 Å². The van der Waals surface area contributed by atoms with E-state index in [1.165, 1.54) is 5.56 Å². The number of aromatic nitrogens is 4. The molecular weight excluding hydrogens is 318 g/mol. The molecule has 1 aromatic carbocycles. The Labute approximate surface area is 146 Å².